The molecule has 3 rings (SSSR count). The summed E-state index contributed by atoms with van der Waals surface area (Å²) < 4.78 is 43.2. The number of anilines is 1. The maximum Gasteiger partial charge on any atom is 0.416 e. The predicted octanol–water partition coefficient (Wildman–Crippen LogP) is 5.26. The first-order valence-electron chi connectivity index (χ1n) is 8.50. The molecule has 1 N–H and O–H groups in total. The quantitative estimate of drug-likeness (QED) is 0.572. The van der Waals surface area contributed by atoms with Crippen LogP contribution < -0.4 is 5.32 Å². The zero-order chi connectivity index (χ0) is 21.0. The summed E-state index contributed by atoms with van der Waals surface area (Å²) in [5.74, 6) is -1.08. The van der Waals surface area contributed by atoms with Crippen LogP contribution >= 0.6 is 11.3 Å². The Kier molecular flexibility index (Phi) is 5.97. The number of carbonyl (C=O) groups excluding carboxylic acids is 2. The molecule has 1 amide bonds. The summed E-state index contributed by atoms with van der Waals surface area (Å²) in [6.07, 6.45) is -4.43. The Morgan fingerprint density at radius 1 is 1.10 bits per heavy atom. The summed E-state index contributed by atoms with van der Waals surface area (Å²) in [6.45, 7) is 1.88. The normalized spacial score (nSPS) is 11.2. The minimum atomic E-state index is -4.43. The van der Waals surface area contributed by atoms with Gasteiger partial charge in [0.2, 0.25) is 0 Å². The van der Waals surface area contributed by atoms with Gasteiger partial charge in [-0.15, -0.1) is 11.3 Å². The molecule has 0 aliphatic heterocycles. The lowest BCUT2D eigenvalue weighted by atomic mass is 9.98. The van der Waals surface area contributed by atoms with E-state index < -0.39 is 23.6 Å². The van der Waals surface area contributed by atoms with E-state index >= 15 is 0 Å². The van der Waals surface area contributed by atoms with Gasteiger partial charge in [0.1, 0.15) is 0 Å². The lowest BCUT2D eigenvalue weighted by molar-refractivity contribution is -0.137. The zero-order valence-corrected chi connectivity index (χ0v) is 15.9. The number of aromatic nitrogens is 1. The lowest BCUT2D eigenvalue weighted by Gasteiger charge is -2.11. The molecule has 1 aromatic heterocycles. The van der Waals surface area contributed by atoms with Crippen molar-refractivity contribution in [1.82, 2.24) is 4.98 Å². The smallest absolute Gasteiger partial charge is 0.416 e. The number of hydrogen-bond acceptors (Lipinski definition) is 5. The number of alkyl halides is 3. The van der Waals surface area contributed by atoms with Crippen LogP contribution in [0.3, 0.4) is 0 Å². The van der Waals surface area contributed by atoms with Gasteiger partial charge in [0.15, 0.2) is 10.8 Å². The highest BCUT2D eigenvalue weighted by molar-refractivity contribution is 7.14. The molecular formula is C20H15F3N2O3S. The van der Waals surface area contributed by atoms with E-state index in [-0.39, 0.29) is 23.0 Å². The number of carbonyl (C=O) groups is 2. The molecule has 0 atom stereocenters. The second kappa shape index (κ2) is 8.44. The van der Waals surface area contributed by atoms with Gasteiger partial charge in [0.25, 0.3) is 5.91 Å². The number of ether oxygens (including phenoxy) is 1. The summed E-state index contributed by atoms with van der Waals surface area (Å²) in [5.41, 5.74) is 0.525. The topological polar surface area (TPSA) is 68.3 Å². The monoisotopic (exact) mass is 420 g/mol. The van der Waals surface area contributed by atoms with Crippen LogP contribution in [0, 0.1) is 0 Å². The van der Waals surface area contributed by atoms with Crippen LogP contribution in [-0.4, -0.2) is 23.5 Å². The molecular weight excluding hydrogens is 405 g/mol. The molecule has 2 aromatic carbocycles. The lowest BCUT2D eigenvalue weighted by Crippen LogP contribution is -2.13. The number of halogens is 3. The van der Waals surface area contributed by atoms with E-state index in [1.54, 1.807) is 31.2 Å². The van der Waals surface area contributed by atoms with E-state index in [0.29, 0.717) is 11.1 Å². The van der Waals surface area contributed by atoms with Crippen molar-refractivity contribution in [3.05, 3.63) is 70.7 Å². The first-order chi connectivity index (χ1) is 13.8. The Morgan fingerprint density at radius 3 is 2.45 bits per heavy atom. The number of nitrogens with zero attached hydrogens (tertiary/aromatic N) is 1. The van der Waals surface area contributed by atoms with Gasteiger partial charge < -0.3 is 4.74 Å². The van der Waals surface area contributed by atoms with Crippen molar-refractivity contribution >= 4 is 28.3 Å². The molecule has 0 radical (unpaired) electrons. The van der Waals surface area contributed by atoms with Crippen molar-refractivity contribution in [2.45, 2.75) is 13.1 Å². The van der Waals surface area contributed by atoms with Gasteiger partial charge in [-0.25, -0.2) is 9.78 Å². The number of rotatable bonds is 5. The number of amides is 1. The standard InChI is InChI=1S/C20H15F3N2O3S/c1-2-28-18(27)16-11-29-19(24-16)25-17(26)15-6-4-3-5-14(15)12-7-9-13(10-8-12)20(21,22)23/h3-11H,2H2,1H3,(H,24,25,26). The van der Waals surface area contributed by atoms with Crippen LogP contribution in [0.2, 0.25) is 0 Å². The van der Waals surface area contributed by atoms with Gasteiger partial charge in [-0.1, -0.05) is 30.3 Å². The van der Waals surface area contributed by atoms with E-state index in [9.17, 15) is 22.8 Å². The van der Waals surface area contributed by atoms with Crippen molar-refractivity contribution in [3.63, 3.8) is 0 Å². The average molecular weight is 420 g/mol. The molecule has 0 aliphatic carbocycles. The number of esters is 1. The highest BCUT2D eigenvalue weighted by Crippen LogP contribution is 2.32. The van der Waals surface area contributed by atoms with Gasteiger partial charge in [-0.3, -0.25) is 10.1 Å². The van der Waals surface area contributed by atoms with Gasteiger partial charge in [-0.2, -0.15) is 13.2 Å². The first-order valence-corrected chi connectivity index (χ1v) is 9.38. The van der Waals surface area contributed by atoms with E-state index in [2.05, 4.69) is 10.3 Å². The van der Waals surface area contributed by atoms with Gasteiger partial charge in [0.05, 0.1) is 12.2 Å². The third-order valence-corrected chi connectivity index (χ3v) is 4.66. The minimum absolute atomic E-state index is 0.0863. The van der Waals surface area contributed by atoms with Crippen LogP contribution in [0.25, 0.3) is 11.1 Å². The van der Waals surface area contributed by atoms with Gasteiger partial charge in [0, 0.05) is 10.9 Å². The molecule has 5 nitrogen and oxygen atoms in total. The first kappa shape index (κ1) is 20.5. The van der Waals surface area contributed by atoms with Crippen molar-refractivity contribution in [2.75, 3.05) is 11.9 Å². The van der Waals surface area contributed by atoms with E-state index in [0.717, 1.165) is 23.5 Å². The molecule has 0 spiro atoms. The third-order valence-electron chi connectivity index (χ3n) is 3.90. The van der Waals surface area contributed by atoms with Crippen molar-refractivity contribution < 1.29 is 27.5 Å². The number of hydrogen-bond donors (Lipinski definition) is 1. The van der Waals surface area contributed by atoms with Crippen LogP contribution in [0.15, 0.2) is 53.9 Å². The number of thiazole rings is 1. The SMILES string of the molecule is CCOC(=O)c1csc(NC(=O)c2ccccc2-c2ccc(C(F)(F)F)cc2)n1. The zero-order valence-electron chi connectivity index (χ0n) is 15.1. The third kappa shape index (κ3) is 4.80. The molecule has 3 aromatic rings. The number of benzene rings is 2. The maximum atomic E-state index is 12.8. The van der Waals surface area contributed by atoms with Gasteiger partial charge >= 0.3 is 12.1 Å². The highest BCUT2D eigenvalue weighted by atomic mass is 32.1. The molecule has 29 heavy (non-hydrogen) atoms. The maximum absolute atomic E-state index is 12.8. The van der Waals surface area contributed by atoms with Crippen molar-refractivity contribution in [3.8, 4) is 11.1 Å². The van der Waals surface area contributed by atoms with Gasteiger partial charge in [-0.05, 0) is 36.2 Å². The van der Waals surface area contributed by atoms with Crippen molar-refractivity contribution in [2.24, 2.45) is 0 Å². The summed E-state index contributed by atoms with van der Waals surface area (Å²) >= 11 is 1.06. The second-order valence-electron chi connectivity index (χ2n) is 5.83. The molecule has 9 heteroatoms. The minimum Gasteiger partial charge on any atom is -0.461 e. The second-order valence-corrected chi connectivity index (χ2v) is 6.69. The van der Waals surface area contributed by atoms with E-state index in [1.165, 1.54) is 17.5 Å². The predicted molar refractivity (Wildman–Crippen MR) is 103 cm³/mol. The molecule has 0 unspecified atom stereocenters. The summed E-state index contributed by atoms with van der Waals surface area (Å²) in [5, 5.41) is 4.28. The summed E-state index contributed by atoms with van der Waals surface area (Å²) in [7, 11) is 0. The van der Waals surface area contributed by atoms with Crippen LogP contribution in [0.4, 0.5) is 18.3 Å². The van der Waals surface area contributed by atoms with Crippen LogP contribution in [0.5, 0.6) is 0 Å². The molecule has 150 valence electrons. The summed E-state index contributed by atoms with van der Waals surface area (Å²) in [6, 6.07) is 11.1. The van der Waals surface area contributed by atoms with Crippen molar-refractivity contribution in [1.29, 1.82) is 0 Å². The molecule has 0 aliphatic rings. The largest absolute Gasteiger partial charge is 0.461 e. The molecule has 1 heterocycles. The molecule has 0 fully saturated rings. The molecule has 0 saturated heterocycles. The van der Waals surface area contributed by atoms with E-state index in [4.69, 9.17) is 4.74 Å². The molecule has 0 bridgehead atoms. The Labute approximate surface area is 168 Å². The fraction of sp³-hybridized carbons (Fsp3) is 0.150. The fourth-order valence-electron chi connectivity index (χ4n) is 2.57. The van der Waals surface area contributed by atoms with Crippen LogP contribution in [0.1, 0.15) is 33.3 Å². The average Bonchev–Trinajstić information content (AvgIpc) is 3.16. The Hall–Kier alpha value is -3.20. The summed E-state index contributed by atoms with van der Waals surface area (Å²) in [4.78, 5) is 28.4. The Balaban J connectivity index is 1.83. The van der Waals surface area contributed by atoms with E-state index in [1.807, 2.05) is 0 Å². The van der Waals surface area contributed by atoms with Crippen LogP contribution in [-0.2, 0) is 10.9 Å². The molecule has 0 saturated carbocycles. The Morgan fingerprint density at radius 2 is 1.79 bits per heavy atom. The Bertz CT molecular complexity index is 1030. The fourth-order valence-corrected chi connectivity index (χ4v) is 3.24. The number of nitrogens with one attached hydrogen (secondary N) is 1. The highest BCUT2D eigenvalue weighted by Gasteiger charge is 2.30.